The van der Waals surface area contributed by atoms with Crippen molar-refractivity contribution in [3.8, 4) is 22.6 Å². The maximum atomic E-state index is 13.1. The molecule has 0 amide bonds. The Kier molecular flexibility index (Phi) is 10.0. The molecule has 0 fully saturated rings. The number of carbonyl (C=O) groups excluding carboxylic acids is 1. The maximum Gasteiger partial charge on any atom is 0.160 e. The Morgan fingerprint density at radius 1 is 0.784 bits per heavy atom. The van der Waals surface area contributed by atoms with Crippen molar-refractivity contribution >= 4 is 22.5 Å². The van der Waals surface area contributed by atoms with Gasteiger partial charge in [0.05, 0.1) is 19.1 Å². The standard InChI is InChI=1S/C30H29NO4S.H2O/c1-34-28-19-15-23(21-29(28)35-2)14-18-26(32)20-22-12-16-25(17-13-22)31-36(33)30-11-7-6-10-27(30)24-8-4-3-5-9-24;/h3-13,15-17,19,21,31H,14,18,20H2,1-2H3;1H2. The highest BCUT2D eigenvalue weighted by Crippen LogP contribution is 2.28. The molecular formula is C30H31NO5S. The van der Waals surface area contributed by atoms with Crippen molar-refractivity contribution in [3.05, 3.63) is 108 Å². The van der Waals surface area contributed by atoms with Gasteiger partial charge in [0, 0.05) is 18.5 Å². The molecule has 6 nitrogen and oxygen atoms in total. The normalized spacial score (nSPS) is 11.2. The average molecular weight is 518 g/mol. The average Bonchev–Trinajstić information content (AvgIpc) is 2.93. The Bertz CT molecular complexity index is 1340. The smallest absolute Gasteiger partial charge is 0.160 e. The predicted octanol–water partition coefficient (Wildman–Crippen LogP) is 5.43. The summed E-state index contributed by atoms with van der Waals surface area (Å²) in [5, 5.41) is 0. The third-order valence-corrected chi connectivity index (χ3v) is 7.05. The van der Waals surface area contributed by atoms with Gasteiger partial charge in [0.15, 0.2) is 22.5 Å². The predicted molar refractivity (Wildman–Crippen MR) is 149 cm³/mol. The van der Waals surface area contributed by atoms with Gasteiger partial charge in [0.1, 0.15) is 5.78 Å². The number of nitrogens with one attached hydrogen (secondary N) is 1. The zero-order chi connectivity index (χ0) is 25.3. The third kappa shape index (κ3) is 7.29. The number of carbonyl (C=O) groups is 1. The van der Waals surface area contributed by atoms with Crippen LogP contribution in [0.4, 0.5) is 5.69 Å². The van der Waals surface area contributed by atoms with E-state index in [4.69, 9.17) is 9.47 Å². The van der Waals surface area contributed by atoms with Crippen molar-refractivity contribution in [2.24, 2.45) is 0 Å². The Labute approximate surface area is 220 Å². The number of ketones is 1. The molecule has 4 aromatic carbocycles. The first-order valence-corrected chi connectivity index (χ1v) is 12.9. The Morgan fingerprint density at radius 2 is 1.43 bits per heavy atom. The Balaban J connectivity index is 0.00000380. The largest absolute Gasteiger partial charge is 0.493 e. The number of hydrogen-bond acceptors (Lipinski definition) is 4. The topological polar surface area (TPSA) is 96.1 Å². The van der Waals surface area contributed by atoms with E-state index in [0.717, 1.165) is 32.8 Å². The number of Topliss-reactive ketones (excluding diaryl/α,β-unsaturated/α-hetero) is 1. The fraction of sp³-hybridized carbons (Fsp3) is 0.167. The fourth-order valence-corrected chi connectivity index (χ4v) is 5.02. The molecule has 7 heteroatoms. The molecule has 1 unspecified atom stereocenters. The van der Waals surface area contributed by atoms with E-state index in [2.05, 4.69) is 4.72 Å². The van der Waals surface area contributed by atoms with Crippen LogP contribution in [0.5, 0.6) is 11.5 Å². The summed E-state index contributed by atoms with van der Waals surface area (Å²) in [6.45, 7) is 0. The number of hydrogen-bond donors (Lipinski definition) is 1. The van der Waals surface area contributed by atoms with Crippen LogP contribution in [-0.2, 0) is 28.6 Å². The number of methoxy groups -OCH3 is 2. The zero-order valence-corrected chi connectivity index (χ0v) is 21.7. The molecule has 4 aromatic rings. The summed E-state index contributed by atoms with van der Waals surface area (Å²) in [6.07, 6.45) is 1.43. The van der Waals surface area contributed by atoms with Gasteiger partial charge < -0.3 is 19.7 Å². The lowest BCUT2D eigenvalue weighted by molar-refractivity contribution is -0.118. The fourth-order valence-electron chi connectivity index (χ4n) is 3.97. The molecule has 4 rings (SSSR count). The summed E-state index contributed by atoms with van der Waals surface area (Å²) < 4.78 is 26.8. The highest BCUT2D eigenvalue weighted by Gasteiger charge is 2.12. The van der Waals surface area contributed by atoms with Crippen LogP contribution in [0, 0.1) is 0 Å². The van der Waals surface area contributed by atoms with Crippen LogP contribution in [0.2, 0.25) is 0 Å². The van der Waals surface area contributed by atoms with Crippen molar-refractivity contribution in [2.45, 2.75) is 24.2 Å². The Hall–Kier alpha value is -3.94. The van der Waals surface area contributed by atoms with Gasteiger partial charge in [-0.25, -0.2) is 4.21 Å². The first kappa shape index (κ1) is 27.6. The van der Waals surface area contributed by atoms with E-state index in [9.17, 15) is 9.00 Å². The Morgan fingerprint density at radius 3 is 2.14 bits per heavy atom. The second kappa shape index (κ2) is 13.4. The molecule has 0 aliphatic rings. The highest BCUT2D eigenvalue weighted by molar-refractivity contribution is 7.86. The molecule has 0 radical (unpaired) electrons. The van der Waals surface area contributed by atoms with Gasteiger partial charge in [-0.15, -0.1) is 0 Å². The van der Waals surface area contributed by atoms with E-state index in [1.807, 2.05) is 97.1 Å². The van der Waals surface area contributed by atoms with E-state index in [1.165, 1.54) is 0 Å². The number of rotatable bonds is 11. The summed E-state index contributed by atoms with van der Waals surface area (Å²) in [7, 11) is 1.77. The van der Waals surface area contributed by atoms with Crippen LogP contribution >= 0.6 is 0 Å². The van der Waals surface area contributed by atoms with Gasteiger partial charge in [0.25, 0.3) is 0 Å². The quantitative estimate of drug-likeness (QED) is 0.287. The molecule has 0 aliphatic heterocycles. The second-order valence-electron chi connectivity index (χ2n) is 8.33. The lowest BCUT2D eigenvalue weighted by Gasteiger charge is -2.12. The van der Waals surface area contributed by atoms with Gasteiger partial charge in [-0.2, -0.15) is 0 Å². The van der Waals surface area contributed by atoms with Gasteiger partial charge in [-0.3, -0.25) is 4.79 Å². The van der Waals surface area contributed by atoms with Gasteiger partial charge in [-0.05, 0) is 59.0 Å². The minimum absolute atomic E-state index is 0. The first-order chi connectivity index (χ1) is 17.6. The summed E-state index contributed by atoms with van der Waals surface area (Å²) in [5.41, 5.74) is 4.63. The molecule has 3 N–H and O–H groups in total. The molecule has 0 aromatic heterocycles. The molecule has 192 valence electrons. The van der Waals surface area contributed by atoms with Crippen molar-refractivity contribution in [2.75, 3.05) is 18.9 Å². The number of aryl methyl sites for hydroxylation is 1. The maximum absolute atomic E-state index is 13.1. The molecule has 0 saturated heterocycles. The van der Waals surface area contributed by atoms with Crippen molar-refractivity contribution in [3.63, 3.8) is 0 Å². The zero-order valence-electron chi connectivity index (χ0n) is 20.9. The molecule has 37 heavy (non-hydrogen) atoms. The van der Waals surface area contributed by atoms with Crippen LogP contribution < -0.4 is 14.2 Å². The highest BCUT2D eigenvalue weighted by atomic mass is 32.2. The van der Waals surface area contributed by atoms with Gasteiger partial charge in [0.2, 0.25) is 0 Å². The molecule has 0 saturated carbocycles. The lowest BCUT2D eigenvalue weighted by Crippen LogP contribution is -2.07. The number of benzene rings is 4. The van der Waals surface area contributed by atoms with E-state index in [1.54, 1.807) is 14.2 Å². The van der Waals surface area contributed by atoms with E-state index < -0.39 is 11.0 Å². The molecular weight excluding hydrogens is 486 g/mol. The first-order valence-electron chi connectivity index (χ1n) is 11.7. The van der Waals surface area contributed by atoms with Gasteiger partial charge in [-0.1, -0.05) is 66.7 Å². The molecule has 0 aliphatic carbocycles. The summed E-state index contributed by atoms with van der Waals surface area (Å²) in [4.78, 5) is 13.3. The number of ether oxygens (including phenoxy) is 2. The van der Waals surface area contributed by atoms with Crippen LogP contribution in [0.25, 0.3) is 11.1 Å². The van der Waals surface area contributed by atoms with Crippen LogP contribution in [0.3, 0.4) is 0 Å². The number of anilines is 1. The molecule has 0 bridgehead atoms. The van der Waals surface area contributed by atoms with Crippen LogP contribution in [0.15, 0.2) is 102 Å². The second-order valence-corrected chi connectivity index (χ2v) is 9.52. The van der Waals surface area contributed by atoms with Crippen molar-refractivity contribution in [1.82, 2.24) is 0 Å². The van der Waals surface area contributed by atoms with Gasteiger partial charge >= 0.3 is 0 Å². The van der Waals surface area contributed by atoms with Crippen LogP contribution in [0.1, 0.15) is 17.5 Å². The minimum atomic E-state index is -1.43. The summed E-state index contributed by atoms with van der Waals surface area (Å²) in [5.74, 6) is 1.49. The summed E-state index contributed by atoms with van der Waals surface area (Å²) >= 11 is 0. The van der Waals surface area contributed by atoms with Crippen LogP contribution in [-0.4, -0.2) is 29.7 Å². The SMILES string of the molecule is COc1ccc(CCC(=O)Cc2ccc(NS(=O)c3ccccc3-c3ccccc3)cc2)cc1OC.O. The molecule has 0 heterocycles. The monoisotopic (exact) mass is 517 g/mol. The molecule has 0 spiro atoms. The van der Waals surface area contributed by atoms with E-state index in [0.29, 0.717) is 30.8 Å². The summed E-state index contributed by atoms with van der Waals surface area (Å²) in [6, 6.07) is 30.8. The van der Waals surface area contributed by atoms with E-state index >= 15 is 0 Å². The van der Waals surface area contributed by atoms with Crippen molar-refractivity contribution < 1.29 is 24.0 Å². The lowest BCUT2D eigenvalue weighted by atomic mass is 10.0. The van der Waals surface area contributed by atoms with Crippen molar-refractivity contribution in [1.29, 1.82) is 0 Å². The minimum Gasteiger partial charge on any atom is -0.493 e. The third-order valence-electron chi connectivity index (χ3n) is 5.88. The molecule has 1 atom stereocenters. The van der Waals surface area contributed by atoms with E-state index in [-0.39, 0.29) is 11.3 Å².